The molecule has 0 spiro atoms. The molecule has 1 unspecified atom stereocenters. The van der Waals surface area contributed by atoms with E-state index in [1.165, 1.54) is 30.2 Å². The predicted molar refractivity (Wildman–Crippen MR) is 89.9 cm³/mol. The third-order valence-electron chi connectivity index (χ3n) is 4.70. The van der Waals surface area contributed by atoms with E-state index in [9.17, 15) is 0 Å². The molecule has 0 saturated heterocycles. The Labute approximate surface area is 128 Å². The smallest absolute Gasteiger partial charge is 0.0210 e. The summed E-state index contributed by atoms with van der Waals surface area (Å²) >= 11 is 3.73. The number of fused-ring (bicyclic) bond motifs is 1. The second-order valence-electron chi connectivity index (χ2n) is 6.31. The highest BCUT2D eigenvalue weighted by molar-refractivity contribution is 9.10. The SMILES string of the molecule is CC.CCC1(C(C)(C)C)CCCc2c(Br)cccc21. The van der Waals surface area contributed by atoms with E-state index in [4.69, 9.17) is 0 Å². The van der Waals surface area contributed by atoms with Crippen molar-refractivity contribution in [3.63, 3.8) is 0 Å². The van der Waals surface area contributed by atoms with Crippen molar-refractivity contribution in [3.05, 3.63) is 33.8 Å². The van der Waals surface area contributed by atoms with Gasteiger partial charge in [-0.2, -0.15) is 0 Å². The normalized spacial score (nSPS) is 22.3. The molecule has 1 aromatic carbocycles. The quantitative estimate of drug-likeness (QED) is 0.552. The summed E-state index contributed by atoms with van der Waals surface area (Å²) in [7, 11) is 0. The molecule has 0 N–H and O–H groups in total. The molecule has 0 aromatic heterocycles. The molecule has 0 amide bonds. The Kier molecular flexibility index (Phi) is 5.67. The Bertz CT molecular complexity index is 414. The van der Waals surface area contributed by atoms with Crippen LogP contribution in [-0.2, 0) is 11.8 Å². The van der Waals surface area contributed by atoms with Crippen LogP contribution in [0.4, 0.5) is 0 Å². The van der Waals surface area contributed by atoms with Crippen LogP contribution >= 0.6 is 15.9 Å². The van der Waals surface area contributed by atoms with Gasteiger partial charge in [0.15, 0.2) is 0 Å². The maximum atomic E-state index is 3.73. The van der Waals surface area contributed by atoms with Crippen molar-refractivity contribution in [2.24, 2.45) is 5.41 Å². The van der Waals surface area contributed by atoms with Gasteiger partial charge in [-0.25, -0.2) is 0 Å². The lowest BCUT2D eigenvalue weighted by Crippen LogP contribution is -2.42. The molecule has 2 rings (SSSR count). The molecule has 0 fully saturated rings. The maximum absolute atomic E-state index is 3.73. The van der Waals surface area contributed by atoms with E-state index >= 15 is 0 Å². The fourth-order valence-electron chi connectivity index (χ4n) is 3.64. The van der Waals surface area contributed by atoms with Gasteiger partial charge in [0.25, 0.3) is 0 Å². The number of halogens is 1. The van der Waals surface area contributed by atoms with Crippen molar-refractivity contribution < 1.29 is 0 Å². The van der Waals surface area contributed by atoms with Crippen LogP contribution < -0.4 is 0 Å². The minimum atomic E-state index is 0.331. The van der Waals surface area contributed by atoms with Gasteiger partial charge >= 0.3 is 0 Å². The molecule has 19 heavy (non-hydrogen) atoms. The molecule has 0 radical (unpaired) electrons. The second kappa shape index (κ2) is 6.43. The Hall–Kier alpha value is -0.300. The zero-order valence-electron chi connectivity index (χ0n) is 13.4. The molecular formula is C18H29Br. The van der Waals surface area contributed by atoms with E-state index in [1.54, 1.807) is 11.1 Å². The lowest BCUT2D eigenvalue weighted by Gasteiger charge is -2.49. The fourth-order valence-corrected chi connectivity index (χ4v) is 4.20. The van der Waals surface area contributed by atoms with Crippen LogP contribution in [0.3, 0.4) is 0 Å². The Morgan fingerprint density at radius 1 is 1.21 bits per heavy atom. The maximum Gasteiger partial charge on any atom is 0.0210 e. The standard InChI is InChI=1S/C16H23Br.C2H6/c1-5-16(15(2,3)4)11-7-8-12-13(16)9-6-10-14(12)17;1-2/h6,9-10H,5,7-8,11H2,1-4H3;1-2H3. The minimum absolute atomic E-state index is 0.331. The molecule has 1 aliphatic carbocycles. The summed E-state index contributed by atoms with van der Waals surface area (Å²) in [4.78, 5) is 0. The fraction of sp³-hybridized carbons (Fsp3) is 0.667. The van der Waals surface area contributed by atoms with E-state index < -0.39 is 0 Å². The molecule has 0 aliphatic heterocycles. The van der Waals surface area contributed by atoms with Crippen molar-refractivity contribution in [1.82, 2.24) is 0 Å². The highest BCUT2D eigenvalue weighted by atomic mass is 79.9. The van der Waals surface area contributed by atoms with Crippen molar-refractivity contribution in [3.8, 4) is 0 Å². The van der Waals surface area contributed by atoms with Gasteiger partial charge in [-0.3, -0.25) is 0 Å². The molecule has 0 nitrogen and oxygen atoms in total. The average molecular weight is 325 g/mol. The highest BCUT2D eigenvalue weighted by Gasteiger charge is 2.44. The summed E-state index contributed by atoms with van der Waals surface area (Å²) in [5.74, 6) is 0. The monoisotopic (exact) mass is 324 g/mol. The summed E-state index contributed by atoms with van der Waals surface area (Å²) in [5.41, 5.74) is 3.82. The van der Waals surface area contributed by atoms with Gasteiger partial charge in [0.2, 0.25) is 0 Å². The van der Waals surface area contributed by atoms with Crippen LogP contribution in [0, 0.1) is 5.41 Å². The first kappa shape index (κ1) is 16.8. The molecule has 1 heteroatoms. The van der Waals surface area contributed by atoms with Crippen molar-refractivity contribution >= 4 is 15.9 Å². The number of hydrogen-bond donors (Lipinski definition) is 0. The van der Waals surface area contributed by atoms with Crippen LogP contribution in [0.15, 0.2) is 22.7 Å². The molecule has 1 aromatic rings. The van der Waals surface area contributed by atoms with Crippen molar-refractivity contribution in [1.29, 1.82) is 0 Å². The molecule has 1 aliphatic rings. The van der Waals surface area contributed by atoms with Gasteiger partial charge in [-0.1, -0.05) is 69.6 Å². The average Bonchev–Trinajstić information content (AvgIpc) is 2.39. The van der Waals surface area contributed by atoms with E-state index in [-0.39, 0.29) is 0 Å². The Morgan fingerprint density at radius 2 is 1.84 bits per heavy atom. The third-order valence-corrected chi connectivity index (χ3v) is 5.45. The first-order valence-corrected chi connectivity index (χ1v) is 8.49. The zero-order valence-corrected chi connectivity index (χ0v) is 15.0. The summed E-state index contributed by atoms with van der Waals surface area (Å²) in [5, 5.41) is 0. The van der Waals surface area contributed by atoms with Crippen LogP contribution in [0.1, 0.15) is 71.9 Å². The van der Waals surface area contributed by atoms with Crippen LogP contribution in [-0.4, -0.2) is 0 Å². The number of benzene rings is 1. The molecule has 0 bridgehead atoms. The van der Waals surface area contributed by atoms with E-state index in [0.717, 1.165) is 0 Å². The van der Waals surface area contributed by atoms with Crippen LogP contribution in [0.5, 0.6) is 0 Å². The topological polar surface area (TPSA) is 0 Å². The predicted octanol–water partition coefficient (Wildman–Crippen LogP) is 6.51. The third kappa shape index (κ3) is 2.91. The van der Waals surface area contributed by atoms with Crippen molar-refractivity contribution in [2.75, 3.05) is 0 Å². The van der Waals surface area contributed by atoms with E-state index in [0.29, 0.717) is 10.8 Å². The largest absolute Gasteiger partial charge is 0.0683 e. The summed E-state index contributed by atoms with van der Waals surface area (Å²) in [6.45, 7) is 13.5. The first-order chi connectivity index (χ1) is 8.92. The Balaban J connectivity index is 0.000000861. The molecule has 0 heterocycles. The molecule has 108 valence electrons. The van der Waals surface area contributed by atoms with Gasteiger partial charge in [0, 0.05) is 9.89 Å². The molecular weight excluding hydrogens is 296 g/mol. The minimum Gasteiger partial charge on any atom is -0.0683 e. The van der Waals surface area contributed by atoms with Gasteiger partial charge in [0.1, 0.15) is 0 Å². The van der Waals surface area contributed by atoms with Crippen LogP contribution in [0.2, 0.25) is 0 Å². The summed E-state index contributed by atoms with van der Waals surface area (Å²) < 4.78 is 1.30. The highest BCUT2D eigenvalue weighted by Crippen LogP contribution is 2.52. The van der Waals surface area contributed by atoms with Gasteiger partial charge < -0.3 is 0 Å². The molecule has 1 atom stereocenters. The number of rotatable bonds is 1. The summed E-state index contributed by atoms with van der Waals surface area (Å²) in [6.07, 6.45) is 5.12. The first-order valence-electron chi connectivity index (χ1n) is 7.70. The zero-order chi connectivity index (χ0) is 14.7. The van der Waals surface area contributed by atoms with E-state index in [2.05, 4.69) is 61.8 Å². The lowest BCUT2D eigenvalue weighted by molar-refractivity contribution is 0.148. The van der Waals surface area contributed by atoms with Gasteiger partial charge in [-0.05, 0) is 48.3 Å². The molecule has 0 saturated carbocycles. The Morgan fingerprint density at radius 3 is 2.37 bits per heavy atom. The van der Waals surface area contributed by atoms with E-state index in [1.807, 2.05) is 13.8 Å². The summed E-state index contributed by atoms with van der Waals surface area (Å²) in [6, 6.07) is 6.74. The van der Waals surface area contributed by atoms with Gasteiger partial charge in [0.05, 0.1) is 0 Å². The van der Waals surface area contributed by atoms with Crippen LogP contribution in [0.25, 0.3) is 0 Å². The second-order valence-corrected chi connectivity index (χ2v) is 7.16. The van der Waals surface area contributed by atoms with Crippen molar-refractivity contribution in [2.45, 2.75) is 72.6 Å². The van der Waals surface area contributed by atoms with Gasteiger partial charge in [-0.15, -0.1) is 0 Å². The lowest BCUT2D eigenvalue weighted by atomic mass is 9.56. The number of hydrogen-bond acceptors (Lipinski definition) is 0.